The van der Waals surface area contributed by atoms with Crippen LogP contribution in [0.15, 0.2) is 46.0 Å². The number of rotatable bonds is 8. The Balaban J connectivity index is 1.22. The Hall–Kier alpha value is -3.07. The average Bonchev–Trinajstić information content (AvgIpc) is 2.90. The zero-order valence-electron chi connectivity index (χ0n) is 21.0. The molecule has 0 spiro atoms. The largest absolute Gasteiger partial charge is 0.369 e. The van der Waals surface area contributed by atoms with E-state index in [-0.39, 0.29) is 23.1 Å². The lowest BCUT2D eigenvalue weighted by Crippen LogP contribution is -2.48. The van der Waals surface area contributed by atoms with Crippen molar-refractivity contribution in [2.75, 3.05) is 62.2 Å². The minimum Gasteiger partial charge on any atom is -0.369 e. The van der Waals surface area contributed by atoms with Crippen LogP contribution in [0.25, 0.3) is 0 Å². The van der Waals surface area contributed by atoms with Gasteiger partial charge in [-0.25, -0.2) is 4.79 Å². The second kappa shape index (κ2) is 11.6. The maximum Gasteiger partial charge on any atom is 0.332 e. The summed E-state index contributed by atoms with van der Waals surface area (Å²) in [7, 11) is 1.50. The molecule has 1 amide bonds. The van der Waals surface area contributed by atoms with Gasteiger partial charge in [0.1, 0.15) is 5.82 Å². The molecule has 0 aliphatic carbocycles. The zero-order valence-corrected chi connectivity index (χ0v) is 21.0. The van der Waals surface area contributed by atoms with Crippen molar-refractivity contribution < 1.29 is 4.79 Å². The van der Waals surface area contributed by atoms with Crippen LogP contribution in [0.5, 0.6) is 0 Å². The molecule has 2 saturated heterocycles. The number of amides is 1. The molecule has 2 aliphatic rings. The quantitative estimate of drug-likeness (QED) is 0.568. The molecule has 2 aliphatic heterocycles. The number of anilines is 2. The number of nitrogens with zero attached hydrogens (tertiary/aromatic N) is 5. The standard InChI is InChI=1S/C26H38N6O3/c1-3-32-23(19-24(33)28(2)26(32)35)31-14-7-9-21(20-31)25(34)27-12-8-13-29-15-17-30(18-16-29)22-10-5-4-6-11-22/h4-6,10-11,19,21H,3,7-9,12-18,20H2,1-2H3,(H,27,34)/t21-/m1/s1. The predicted octanol–water partition coefficient (Wildman–Crippen LogP) is 1.11. The van der Waals surface area contributed by atoms with Gasteiger partial charge in [0.25, 0.3) is 5.56 Å². The van der Waals surface area contributed by atoms with Crippen molar-refractivity contribution in [3.63, 3.8) is 0 Å². The molecule has 0 radical (unpaired) electrons. The van der Waals surface area contributed by atoms with Gasteiger partial charge in [-0.15, -0.1) is 0 Å². The average molecular weight is 483 g/mol. The number of piperidine rings is 1. The Kier molecular flexibility index (Phi) is 8.28. The molecule has 1 N–H and O–H groups in total. The molecular weight excluding hydrogens is 444 g/mol. The first-order chi connectivity index (χ1) is 17.0. The lowest BCUT2D eigenvalue weighted by Gasteiger charge is -2.36. The van der Waals surface area contributed by atoms with Gasteiger partial charge in [0, 0.05) is 71.2 Å². The van der Waals surface area contributed by atoms with E-state index in [1.807, 2.05) is 17.9 Å². The summed E-state index contributed by atoms with van der Waals surface area (Å²) >= 11 is 0. The number of aromatic nitrogens is 2. The van der Waals surface area contributed by atoms with E-state index in [0.29, 0.717) is 25.5 Å². The molecule has 190 valence electrons. The highest BCUT2D eigenvalue weighted by Gasteiger charge is 2.27. The second-order valence-corrected chi connectivity index (χ2v) is 9.52. The normalized spacial score (nSPS) is 19.1. The molecule has 35 heavy (non-hydrogen) atoms. The van der Waals surface area contributed by atoms with Crippen molar-refractivity contribution in [1.29, 1.82) is 0 Å². The maximum absolute atomic E-state index is 12.9. The number of nitrogens with one attached hydrogen (secondary N) is 1. The number of piperazine rings is 1. The third-order valence-corrected chi connectivity index (χ3v) is 7.25. The smallest absolute Gasteiger partial charge is 0.332 e. The molecule has 1 atom stereocenters. The Morgan fingerprint density at radius 3 is 2.49 bits per heavy atom. The van der Waals surface area contributed by atoms with Gasteiger partial charge in [-0.05, 0) is 44.9 Å². The highest BCUT2D eigenvalue weighted by molar-refractivity contribution is 5.79. The lowest BCUT2D eigenvalue weighted by molar-refractivity contribution is -0.125. The Morgan fingerprint density at radius 2 is 1.77 bits per heavy atom. The van der Waals surface area contributed by atoms with Crippen molar-refractivity contribution in [2.24, 2.45) is 13.0 Å². The highest BCUT2D eigenvalue weighted by Crippen LogP contribution is 2.22. The Morgan fingerprint density at radius 1 is 1.03 bits per heavy atom. The van der Waals surface area contributed by atoms with Crippen LogP contribution in [-0.2, 0) is 18.4 Å². The molecule has 2 fully saturated rings. The first-order valence-corrected chi connectivity index (χ1v) is 12.8. The topological polar surface area (TPSA) is 82.8 Å². The van der Waals surface area contributed by atoms with Crippen LogP contribution in [0.4, 0.5) is 11.5 Å². The molecule has 9 nitrogen and oxygen atoms in total. The van der Waals surface area contributed by atoms with Gasteiger partial charge < -0.3 is 15.1 Å². The monoisotopic (exact) mass is 482 g/mol. The van der Waals surface area contributed by atoms with E-state index in [1.165, 1.54) is 18.8 Å². The highest BCUT2D eigenvalue weighted by atomic mass is 16.2. The number of benzene rings is 1. The van der Waals surface area contributed by atoms with Crippen LogP contribution < -0.4 is 26.4 Å². The van der Waals surface area contributed by atoms with Crippen molar-refractivity contribution in [2.45, 2.75) is 32.7 Å². The minimum atomic E-state index is -0.314. The minimum absolute atomic E-state index is 0.0674. The Labute approximate surface area is 206 Å². The molecular formula is C26H38N6O3. The second-order valence-electron chi connectivity index (χ2n) is 9.52. The maximum atomic E-state index is 12.9. The summed E-state index contributed by atoms with van der Waals surface area (Å²) in [5.74, 6) is 0.549. The first-order valence-electron chi connectivity index (χ1n) is 12.8. The fourth-order valence-corrected chi connectivity index (χ4v) is 5.14. The van der Waals surface area contributed by atoms with Gasteiger partial charge in [0.05, 0.1) is 5.92 Å². The van der Waals surface area contributed by atoms with Crippen LogP contribution in [0.3, 0.4) is 0 Å². The van der Waals surface area contributed by atoms with Crippen LogP contribution in [0.2, 0.25) is 0 Å². The summed E-state index contributed by atoms with van der Waals surface area (Å²) < 4.78 is 2.74. The number of hydrogen-bond donors (Lipinski definition) is 1. The zero-order chi connectivity index (χ0) is 24.8. The van der Waals surface area contributed by atoms with Gasteiger partial charge in [0.2, 0.25) is 5.91 Å². The molecule has 1 aromatic heterocycles. The van der Waals surface area contributed by atoms with Crippen molar-refractivity contribution in [3.8, 4) is 0 Å². The van der Waals surface area contributed by atoms with E-state index in [9.17, 15) is 14.4 Å². The molecule has 1 aromatic carbocycles. The summed E-state index contributed by atoms with van der Waals surface area (Å²) in [4.78, 5) is 44.5. The SMILES string of the molecule is CCn1c(N2CCC[C@@H](C(=O)NCCCN3CCN(c4ccccc4)CC3)C2)cc(=O)n(C)c1=O. The summed E-state index contributed by atoms with van der Waals surface area (Å²) in [5, 5.41) is 3.12. The van der Waals surface area contributed by atoms with E-state index >= 15 is 0 Å². The van der Waals surface area contributed by atoms with E-state index in [0.717, 1.165) is 63.1 Å². The molecule has 4 rings (SSSR count). The van der Waals surface area contributed by atoms with Gasteiger partial charge >= 0.3 is 5.69 Å². The molecule has 0 bridgehead atoms. The van der Waals surface area contributed by atoms with Gasteiger partial charge in [-0.3, -0.25) is 23.6 Å². The number of para-hydroxylation sites is 1. The van der Waals surface area contributed by atoms with Crippen LogP contribution >= 0.6 is 0 Å². The molecule has 2 aromatic rings. The van der Waals surface area contributed by atoms with E-state index in [1.54, 1.807) is 4.57 Å². The van der Waals surface area contributed by atoms with Crippen LogP contribution in [0.1, 0.15) is 26.2 Å². The summed E-state index contributed by atoms with van der Waals surface area (Å²) in [6, 6.07) is 12.1. The first kappa shape index (κ1) is 25.0. The number of carbonyl (C=O) groups is 1. The fourth-order valence-electron chi connectivity index (χ4n) is 5.14. The van der Waals surface area contributed by atoms with Crippen LogP contribution in [-0.4, -0.2) is 72.3 Å². The van der Waals surface area contributed by atoms with Gasteiger partial charge in [-0.2, -0.15) is 0 Å². The summed E-state index contributed by atoms with van der Waals surface area (Å²) in [5.41, 5.74) is 0.657. The van der Waals surface area contributed by atoms with Crippen molar-refractivity contribution in [3.05, 3.63) is 57.2 Å². The van der Waals surface area contributed by atoms with E-state index in [4.69, 9.17) is 0 Å². The number of carbonyl (C=O) groups excluding carboxylic acids is 1. The number of hydrogen-bond acceptors (Lipinski definition) is 6. The van der Waals surface area contributed by atoms with Gasteiger partial charge in [-0.1, -0.05) is 18.2 Å². The van der Waals surface area contributed by atoms with Gasteiger partial charge in [0.15, 0.2) is 0 Å². The predicted molar refractivity (Wildman–Crippen MR) is 139 cm³/mol. The molecule has 3 heterocycles. The third kappa shape index (κ3) is 5.96. The fraction of sp³-hybridized carbons (Fsp3) is 0.577. The van der Waals surface area contributed by atoms with Crippen molar-refractivity contribution >= 4 is 17.4 Å². The molecule has 9 heteroatoms. The molecule has 0 unspecified atom stereocenters. The third-order valence-electron chi connectivity index (χ3n) is 7.25. The Bertz CT molecular complexity index is 1100. The summed E-state index contributed by atoms with van der Waals surface area (Å²) in [6.07, 6.45) is 2.61. The van der Waals surface area contributed by atoms with Crippen LogP contribution in [0, 0.1) is 5.92 Å². The van der Waals surface area contributed by atoms with E-state index < -0.39 is 0 Å². The van der Waals surface area contributed by atoms with E-state index in [2.05, 4.69) is 39.4 Å². The lowest BCUT2D eigenvalue weighted by atomic mass is 9.97. The molecule has 0 saturated carbocycles. The summed E-state index contributed by atoms with van der Waals surface area (Å²) in [6.45, 7) is 9.42. The van der Waals surface area contributed by atoms with Crippen molar-refractivity contribution in [1.82, 2.24) is 19.4 Å².